The van der Waals surface area contributed by atoms with Gasteiger partial charge in [-0.2, -0.15) is 0 Å². The molecule has 2 amide bonds. The van der Waals surface area contributed by atoms with Crippen LogP contribution in [0.15, 0.2) is 24.3 Å². The normalized spacial score (nSPS) is 10.4. The molecule has 0 fully saturated rings. The van der Waals surface area contributed by atoms with Gasteiger partial charge >= 0.3 is 0 Å². The maximum absolute atomic E-state index is 11.6. The number of nitrogens with one attached hydrogen (secondary N) is 2. The average molecular weight is 307 g/mol. The number of carbonyl (C=O) groups is 2. The molecule has 0 radical (unpaired) electrons. The van der Waals surface area contributed by atoms with Crippen LogP contribution in [0.1, 0.15) is 12.0 Å². The van der Waals surface area contributed by atoms with E-state index in [1.165, 1.54) is 0 Å². The van der Waals surface area contributed by atoms with Crippen molar-refractivity contribution in [2.24, 2.45) is 0 Å². The van der Waals surface area contributed by atoms with Crippen LogP contribution in [0.3, 0.4) is 0 Å². The van der Waals surface area contributed by atoms with Crippen LogP contribution in [-0.2, 0) is 16.0 Å². The lowest BCUT2D eigenvalue weighted by Crippen LogP contribution is -2.35. The number of benzene rings is 1. The first-order valence-corrected chi connectivity index (χ1v) is 7.32. The number of methoxy groups -OCH3 is 1. The van der Waals surface area contributed by atoms with E-state index in [-0.39, 0.29) is 18.2 Å². The molecule has 2 N–H and O–H groups in total. The maximum atomic E-state index is 11.6. The Kier molecular flexibility index (Phi) is 7.99. The quantitative estimate of drug-likeness (QED) is 0.649. The fourth-order valence-corrected chi connectivity index (χ4v) is 1.83. The van der Waals surface area contributed by atoms with Gasteiger partial charge in [0.15, 0.2) is 0 Å². The molecule has 0 aromatic heterocycles. The van der Waals surface area contributed by atoms with Gasteiger partial charge in [-0.05, 0) is 38.2 Å². The number of nitrogens with zero attached hydrogens (tertiary/aromatic N) is 1. The summed E-state index contributed by atoms with van der Waals surface area (Å²) in [6, 6.07) is 7.68. The molecule has 0 bridgehead atoms. The molecule has 1 aromatic carbocycles. The van der Waals surface area contributed by atoms with Crippen LogP contribution in [0.5, 0.6) is 5.75 Å². The highest BCUT2D eigenvalue weighted by atomic mass is 16.5. The molecule has 0 spiro atoms. The molecule has 122 valence electrons. The van der Waals surface area contributed by atoms with Gasteiger partial charge in [-0.3, -0.25) is 9.59 Å². The third kappa shape index (κ3) is 7.64. The van der Waals surface area contributed by atoms with Crippen molar-refractivity contribution in [2.75, 3.05) is 40.8 Å². The Morgan fingerprint density at radius 3 is 2.18 bits per heavy atom. The summed E-state index contributed by atoms with van der Waals surface area (Å²) in [5.41, 5.74) is 1.11. The van der Waals surface area contributed by atoms with E-state index in [1.807, 2.05) is 43.3 Å². The summed E-state index contributed by atoms with van der Waals surface area (Å²) in [5.74, 6) is 0.307. The predicted octanol–water partition coefficient (Wildman–Crippen LogP) is 0.422. The molecule has 0 aliphatic carbocycles. The Balaban J connectivity index is 2.18. The molecule has 0 aliphatic heterocycles. The van der Waals surface area contributed by atoms with Crippen LogP contribution >= 0.6 is 0 Å². The number of carbonyl (C=O) groups excluding carboxylic acids is 2. The van der Waals surface area contributed by atoms with E-state index < -0.39 is 0 Å². The van der Waals surface area contributed by atoms with Gasteiger partial charge in [0.05, 0.1) is 7.11 Å². The Labute approximate surface area is 131 Å². The predicted molar refractivity (Wildman–Crippen MR) is 85.9 cm³/mol. The van der Waals surface area contributed by atoms with Gasteiger partial charge in [0.25, 0.3) is 0 Å². The minimum absolute atomic E-state index is 0.129. The molecular formula is C16H25N3O3. The Hall–Kier alpha value is -2.08. The van der Waals surface area contributed by atoms with Gasteiger partial charge < -0.3 is 20.3 Å². The largest absolute Gasteiger partial charge is 0.497 e. The first kappa shape index (κ1) is 18.0. The van der Waals surface area contributed by atoms with E-state index in [0.29, 0.717) is 13.1 Å². The van der Waals surface area contributed by atoms with Crippen LogP contribution in [0.25, 0.3) is 0 Å². The molecule has 0 aliphatic rings. The summed E-state index contributed by atoms with van der Waals surface area (Å²) in [5, 5.41) is 5.46. The van der Waals surface area contributed by atoms with Crippen molar-refractivity contribution in [1.29, 1.82) is 0 Å². The molecule has 1 aromatic rings. The molecule has 6 nitrogen and oxygen atoms in total. The van der Waals surface area contributed by atoms with E-state index in [9.17, 15) is 9.59 Å². The third-order valence-corrected chi connectivity index (χ3v) is 3.10. The zero-order chi connectivity index (χ0) is 16.4. The Bertz CT molecular complexity index is 472. The Morgan fingerprint density at radius 2 is 1.64 bits per heavy atom. The standard InChI is InChI=1S/C16H25N3O3/c1-19(2)11-10-18-16(21)12-15(20)17-9-8-13-4-6-14(22-3)7-5-13/h4-7H,8-12H2,1-3H3,(H,17,20)(H,18,21). The van der Waals surface area contributed by atoms with Crippen LogP contribution in [0.4, 0.5) is 0 Å². The van der Waals surface area contributed by atoms with Gasteiger partial charge in [-0.25, -0.2) is 0 Å². The fourth-order valence-electron chi connectivity index (χ4n) is 1.83. The van der Waals surface area contributed by atoms with Crippen molar-refractivity contribution in [2.45, 2.75) is 12.8 Å². The summed E-state index contributed by atoms with van der Waals surface area (Å²) in [7, 11) is 5.48. The monoisotopic (exact) mass is 307 g/mol. The van der Waals surface area contributed by atoms with Crippen LogP contribution in [-0.4, -0.2) is 57.6 Å². The number of amides is 2. The van der Waals surface area contributed by atoms with Crippen LogP contribution in [0, 0.1) is 0 Å². The van der Waals surface area contributed by atoms with E-state index in [1.54, 1.807) is 7.11 Å². The van der Waals surface area contributed by atoms with E-state index >= 15 is 0 Å². The smallest absolute Gasteiger partial charge is 0.229 e. The van der Waals surface area contributed by atoms with Gasteiger partial charge in [0, 0.05) is 19.6 Å². The highest BCUT2D eigenvalue weighted by molar-refractivity contribution is 5.96. The maximum Gasteiger partial charge on any atom is 0.229 e. The average Bonchev–Trinajstić information content (AvgIpc) is 2.47. The highest BCUT2D eigenvalue weighted by Crippen LogP contribution is 2.11. The lowest BCUT2D eigenvalue weighted by Gasteiger charge is -2.10. The summed E-state index contributed by atoms with van der Waals surface area (Å²) >= 11 is 0. The molecule has 0 saturated carbocycles. The molecule has 22 heavy (non-hydrogen) atoms. The van der Waals surface area contributed by atoms with Crippen LogP contribution in [0.2, 0.25) is 0 Å². The van der Waals surface area contributed by atoms with Gasteiger partial charge in [0.2, 0.25) is 11.8 Å². The minimum atomic E-state index is -0.254. The lowest BCUT2D eigenvalue weighted by molar-refractivity contribution is -0.129. The number of rotatable bonds is 9. The second-order valence-corrected chi connectivity index (χ2v) is 5.28. The zero-order valence-electron chi connectivity index (χ0n) is 13.5. The molecule has 0 unspecified atom stereocenters. The number of hydrogen-bond acceptors (Lipinski definition) is 4. The molecule has 0 saturated heterocycles. The second kappa shape index (κ2) is 9.78. The molecule has 6 heteroatoms. The molecule has 1 rings (SSSR count). The SMILES string of the molecule is COc1ccc(CCNC(=O)CC(=O)NCCN(C)C)cc1. The number of likely N-dealkylation sites (N-methyl/N-ethyl adjacent to an activating group) is 1. The summed E-state index contributed by atoms with van der Waals surface area (Å²) in [6.07, 6.45) is 0.591. The number of ether oxygens (including phenoxy) is 1. The summed E-state index contributed by atoms with van der Waals surface area (Å²) in [6.45, 7) is 1.81. The van der Waals surface area contributed by atoms with Gasteiger partial charge in [-0.1, -0.05) is 12.1 Å². The van der Waals surface area contributed by atoms with Crippen molar-refractivity contribution >= 4 is 11.8 Å². The van der Waals surface area contributed by atoms with E-state index in [4.69, 9.17) is 4.74 Å². The minimum Gasteiger partial charge on any atom is -0.497 e. The molecule has 0 heterocycles. The van der Waals surface area contributed by atoms with Crippen molar-refractivity contribution in [3.8, 4) is 5.75 Å². The van der Waals surface area contributed by atoms with Crippen LogP contribution < -0.4 is 15.4 Å². The van der Waals surface area contributed by atoms with Gasteiger partial charge in [-0.15, -0.1) is 0 Å². The topological polar surface area (TPSA) is 70.7 Å². The summed E-state index contributed by atoms with van der Waals surface area (Å²) in [4.78, 5) is 25.1. The Morgan fingerprint density at radius 1 is 1.05 bits per heavy atom. The fraction of sp³-hybridized carbons (Fsp3) is 0.500. The number of hydrogen-bond donors (Lipinski definition) is 2. The summed E-state index contributed by atoms with van der Waals surface area (Å²) < 4.78 is 5.09. The first-order chi connectivity index (χ1) is 10.5. The second-order valence-electron chi connectivity index (χ2n) is 5.28. The highest BCUT2D eigenvalue weighted by Gasteiger charge is 2.08. The van der Waals surface area contributed by atoms with Crippen molar-refractivity contribution in [3.63, 3.8) is 0 Å². The van der Waals surface area contributed by atoms with Crippen molar-refractivity contribution < 1.29 is 14.3 Å². The van der Waals surface area contributed by atoms with Crippen molar-refractivity contribution in [1.82, 2.24) is 15.5 Å². The lowest BCUT2D eigenvalue weighted by atomic mass is 10.1. The van der Waals surface area contributed by atoms with Crippen molar-refractivity contribution in [3.05, 3.63) is 29.8 Å². The zero-order valence-corrected chi connectivity index (χ0v) is 13.5. The first-order valence-electron chi connectivity index (χ1n) is 7.32. The van der Waals surface area contributed by atoms with E-state index in [0.717, 1.165) is 24.3 Å². The molecular weight excluding hydrogens is 282 g/mol. The molecule has 0 atom stereocenters. The van der Waals surface area contributed by atoms with E-state index in [2.05, 4.69) is 10.6 Å². The van der Waals surface area contributed by atoms with Gasteiger partial charge in [0.1, 0.15) is 12.2 Å². The third-order valence-electron chi connectivity index (χ3n) is 3.10.